The number of benzene rings is 1. The molecule has 1 aromatic carbocycles. The quantitative estimate of drug-likeness (QED) is 0.364. The molecule has 9 heteroatoms. The number of methoxy groups -OCH3 is 1. The standard InChI is InChI=1S/C16H21NO5S3/c1-4-22-16(23-3)11-15-17(8-5-9-25(18,19)20)13-10-12(21-2)6-7-14(13)24-15/h6-7,10-11H,4-5,8-9H2,1-3H3/b16-11+. The first-order valence-corrected chi connectivity index (χ1v) is 11.3. The van der Waals surface area contributed by atoms with Crippen LogP contribution in [0.15, 0.2) is 23.3 Å². The van der Waals surface area contributed by atoms with Crippen LogP contribution in [0.4, 0.5) is 0 Å². The van der Waals surface area contributed by atoms with Crippen molar-refractivity contribution in [3.63, 3.8) is 0 Å². The minimum Gasteiger partial charge on any atom is -0.748 e. The minimum absolute atomic E-state index is 0.254. The van der Waals surface area contributed by atoms with Gasteiger partial charge in [0, 0.05) is 12.2 Å². The lowest BCUT2D eigenvalue weighted by molar-refractivity contribution is -0.668. The van der Waals surface area contributed by atoms with Gasteiger partial charge in [-0.3, -0.25) is 0 Å². The van der Waals surface area contributed by atoms with Crippen LogP contribution in [0.2, 0.25) is 0 Å². The van der Waals surface area contributed by atoms with E-state index in [9.17, 15) is 13.0 Å². The van der Waals surface area contributed by atoms with Gasteiger partial charge in [-0.15, -0.1) is 0 Å². The molecular weight excluding hydrogens is 382 g/mol. The summed E-state index contributed by atoms with van der Waals surface area (Å²) in [5, 5.41) is 1.72. The molecule has 0 amide bonds. The molecule has 0 aliphatic heterocycles. The van der Waals surface area contributed by atoms with Crippen LogP contribution in [-0.4, -0.2) is 38.7 Å². The molecule has 0 N–H and O–H groups in total. The van der Waals surface area contributed by atoms with Crippen LogP contribution < -0.4 is 9.30 Å². The molecule has 0 aliphatic rings. The Morgan fingerprint density at radius 1 is 1.44 bits per heavy atom. The highest BCUT2D eigenvalue weighted by molar-refractivity contribution is 8.02. The van der Waals surface area contributed by atoms with E-state index in [0.29, 0.717) is 13.2 Å². The van der Waals surface area contributed by atoms with Crippen LogP contribution >= 0.6 is 23.1 Å². The van der Waals surface area contributed by atoms with E-state index in [1.54, 1.807) is 18.4 Å². The molecule has 0 radical (unpaired) electrons. The molecule has 138 valence electrons. The summed E-state index contributed by atoms with van der Waals surface area (Å²) in [6, 6.07) is 5.77. The van der Waals surface area contributed by atoms with Gasteiger partial charge in [0.05, 0.1) is 36.0 Å². The third-order valence-electron chi connectivity index (χ3n) is 3.44. The summed E-state index contributed by atoms with van der Waals surface area (Å²) in [5.41, 5.74) is 0.941. The van der Waals surface area contributed by atoms with Crippen molar-refractivity contribution in [1.82, 2.24) is 0 Å². The maximum Gasteiger partial charge on any atom is 0.267 e. The molecule has 0 saturated heterocycles. The Morgan fingerprint density at radius 2 is 2.20 bits per heavy atom. The topological polar surface area (TPSA) is 79.5 Å². The molecule has 0 bridgehead atoms. The van der Waals surface area contributed by atoms with Gasteiger partial charge in [-0.2, -0.15) is 4.57 Å². The summed E-state index contributed by atoms with van der Waals surface area (Å²) in [4.78, 5) is 0. The predicted molar refractivity (Wildman–Crippen MR) is 101 cm³/mol. The number of aromatic nitrogens is 1. The molecule has 25 heavy (non-hydrogen) atoms. The molecule has 0 atom stereocenters. The van der Waals surface area contributed by atoms with Crippen molar-refractivity contribution in [2.24, 2.45) is 0 Å². The van der Waals surface area contributed by atoms with Gasteiger partial charge in [0.25, 0.3) is 5.01 Å². The zero-order valence-corrected chi connectivity index (χ0v) is 16.8. The Kier molecular flexibility index (Phi) is 7.12. The third-order valence-corrected chi connectivity index (χ3v) is 5.98. The molecule has 1 aromatic heterocycles. The Labute approximate surface area is 156 Å². The second kappa shape index (κ2) is 8.88. The van der Waals surface area contributed by atoms with Crippen molar-refractivity contribution in [1.29, 1.82) is 0 Å². The summed E-state index contributed by atoms with van der Waals surface area (Å²) in [5.74, 6) is 0.339. The maximum atomic E-state index is 10.9. The minimum atomic E-state index is -4.22. The first-order chi connectivity index (χ1) is 11.9. The molecule has 0 saturated carbocycles. The molecule has 2 aromatic rings. The van der Waals surface area contributed by atoms with E-state index in [-0.39, 0.29) is 12.2 Å². The normalized spacial score (nSPS) is 12.6. The lowest BCUT2D eigenvalue weighted by Crippen LogP contribution is -2.36. The Bertz CT molecular complexity index is 858. The number of nitrogens with zero attached hydrogens (tertiary/aromatic N) is 1. The molecule has 6 nitrogen and oxygen atoms in total. The highest BCUT2D eigenvalue weighted by Crippen LogP contribution is 2.27. The summed E-state index contributed by atoms with van der Waals surface area (Å²) in [7, 11) is -2.62. The molecule has 0 unspecified atom stereocenters. The van der Waals surface area contributed by atoms with Crippen LogP contribution in [0.25, 0.3) is 16.3 Å². The van der Waals surface area contributed by atoms with Crippen LogP contribution in [0.5, 0.6) is 5.75 Å². The first kappa shape index (κ1) is 20.0. The molecule has 1 heterocycles. The second-order valence-corrected chi connectivity index (χ2v) is 8.54. The van der Waals surface area contributed by atoms with E-state index in [0.717, 1.165) is 26.1 Å². The number of hydrogen-bond acceptors (Lipinski definition) is 7. The van der Waals surface area contributed by atoms with Crippen molar-refractivity contribution in [2.75, 3.05) is 25.7 Å². The fourth-order valence-electron chi connectivity index (χ4n) is 2.35. The average molecular weight is 404 g/mol. The second-order valence-electron chi connectivity index (χ2n) is 5.14. The van der Waals surface area contributed by atoms with E-state index in [4.69, 9.17) is 9.47 Å². The lowest BCUT2D eigenvalue weighted by Gasteiger charge is -2.05. The van der Waals surface area contributed by atoms with Gasteiger partial charge < -0.3 is 14.0 Å². The van der Waals surface area contributed by atoms with E-state index in [2.05, 4.69) is 0 Å². The zero-order chi connectivity index (χ0) is 18.4. The van der Waals surface area contributed by atoms with E-state index in [1.807, 2.05) is 42.0 Å². The predicted octanol–water partition coefficient (Wildman–Crippen LogP) is 2.83. The van der Waals surface area contributed by atoms with Crippen molar-refractivity contribution in [3.05, 3.63) is 28.3 Å². The Morgan fingerprint density at radius 3 is 2.80 bits per heavy atom. The highest BCUT2D eigenvalue weighted by Gasteiger charge is 2.21. The fourth-order valence-corrected chi connectivity index (χ4v) is 4.47. The van der Waals surface area contributed by atoms with Crippen molar-refractivity contribution in [2.45, 2.75) is 19.9 Å². The number of hydrogen-bond donors (Lipinski definition) is 0. The number of rotatable bonds is 9. The highest BCUT2D eigenvalue weighted by atomic mass is 32.2. The average Bonchev–Trinajstić information content (AvgIpc) is 2.90. The lowest BCUT2D eigenvalue weighted by atomic mass is 10.3. The zero-order valence-electron chi connectivity index (χ0n) is 14.4. The Hall–Kier alpha value is -1.29. The number of thiazole rings is 1. The van der Waals surface area contributed by atoms with Crippen LogP contribution in [0, 0.1) is 0 Å². The first-order valence-electron chi connectivity index (χ1n) is 7.70. The number of ether oxygens (including phenoxy) is 2. The van der Waals surface area contributed by atoms with E-state index < -0.39 is 10.1 Å². The van der Waals surface area contributed by atoms with Gasteiger partial charge in [-0.05, 0) is 25.3 Å². The molecular formula is C16H21NO5S3. The van der Waals surface area contributed by atoms with E-state index >= 15 is 0 Å². The molecule has 0 fully saturated rings. The summed E-state index contributed by atoms with van der Waals surface area (Å²) >= 11 is 3.09. The summed E-state index contributed by atoms with van der Waals surface area (Å²) in [6.07, 6.45) is 4.13. The van der Waals surface area contributed by atoms with Gasteiger partial charge in [0.1, 0.15) is 10.4 Å². The third kappa shape index (κ3) is 5.60. The van der Waals surface area contributed by atoms with Gasteiger partial charge in [0.2, 0.25) is 5.52 Å². The maximum absolute atomic E-state index is 10.9. The van der Waals surface area contributed by atoms with E-state index in [1.165, 1.54) is 11.8 Å². The number of fused-ring (bicyclic) bond motifs is 1. The van der Waals surface area contributed by atoms with Gasteiger partial charge in [0.15, 0.2) is 11.6 Å². The van der Waals surface area contributed by atoms with Crippen LogP contribution in [0.3, 0.4) is 0 Å². The van der Waals surface area contributed by atoms with Gasteiger partial charge >= 0.3 is 0 Å². The van der Waals surface area contributed by atoms with Gasteiger partial charge in [-0.1, -0.05) is 23.1 Å². The molecule has 2 rings (SSSR count). The SMILES string of the molecule is CCO/C(=C\c1sc2ccc(OC)cc2[n+]1CCCS(=O)(=O)[O-])SC. The van der Waals surface area contributed by atoms with Gasteiger partial charge in [-0.25, -0.2) is 8.42 Å². The van der Waals surface area contributed by atoms with Crippen LogP contribution in [0.1, 0.15) is 18.4 Å². The summed E-state index contributed by atoms with van der Waals surface area (Å²) < 4.78 is 46.6. The number of thioether (sulfide) groups is 1. The fraction of sp³-hybridized carbons (Fsp3) is 0.438. The van der Waals surface area contributed by atoms with Crippen molar-refractivity contribution >= 4 is 49.5 Å². The monoisotopic (exact) mass is 403 g/mol. The number of aryl methyl sites for hydroxylation is 1. The smallest absolute Gasteiger partial charge is 0.267 e. The molecule has 0 spiro atoms. The Balaban J connectivity index is 2.45. The molecule has 0 aliphatic carbocycles. The largest absolute Gasteiger partial charge is 0.748 e. The van der Waals surface area contributed by atoms with Crippen molar-refractivity contribution < 1.29 is 27.0 Å². The van der Waals surface area contributed by atoms with Crippen molar-refractivity contribution in [3.8, 4) is 5.75 Å². The van der Waals surface area contributed by atoms with Crippen LogP contribution in [-0.2, 0) is 21.4 Å². The summed E-state index contributed by atoms with van der Waals surface area (Å²) in [6.45, 7) is 2.92.